The van der Waals surface area contributed by atoms with Crippen molar-refractivity contribution in [1.29, 1.82) is 0 Å². The fraction of sp³-hybridized carbons (Fsp3) is 0.0588. The minimum atomic E-state index is -0.282. The Morgan fingerprint density at radius 1 is 1.24 bits per heavy atom. The lowest BCUT2D eigenvalue weighted by Gasteiger charge is -2.07. The summed E-state index contributed by atoms with van der Waals surface area (Å²) in [4.78, 5) is 21.9. The second-order valence-electron chi connectivity index (χ2n) is 5.31. The number of hydrogen-bond donors (Lipinski definition) is 1. The maximum absolute atomic E-state index is 12.7. The topological polar surface area (TPSA) is 79.9 Å². The first-order valence-electron chi connectivity index (χ1n) is 7.40. The van der Waals surface area contributed by atoms with Crippen molar-refractivity contribution in [3.8, 4) is 0 Å². The summed E-state index contributed by atoms with van der Waals surface area (Å²) in [6.07, 6.45) is 2.78. The highest BCUT2D eigenvalue weighted by atomic mass is 32.2. The first kappa shape index (κ1) is 15.8. The van der Waals surface area contributed by atoms with Crippen molar-refractivity contribution in [2.45, 2.75) is 16.3 Å². The average molecular weight is 368 g/mol. The van der Waals surface area contributed by atoms with Crippen molar-refractivity contribution in [2.75, 3.05) is 0 Å². The molecule has 0 atom stereocenters. The van der Waals surface area contributed by atoms with Crippen LogP contribution in [0.2, 0.25) is 0 Å². The predicted octanol–water partition coefficient (Wildman–Crippen LogP) is 3.57. The van der Waals surface area contributed by atoms with Crippen LogP contribution in [0.15, 0.2) is 61.9 Å². The van der Waals surface area contributed by atoms with E-state index >= 15 is 0 Å². The number of hydrogen-bond acceptors (Lipinski definition) is 7. The van der Waals surface area contributed by atoms with Gasteiger partial charge in [0.05, 0.1) is 22.0 Å². The van der Waals surface area contributed by atoms with Crippen molar-refractivity contribution in [3.05, 3.63) is 64.1 Å². The molecular weight excluding hydrogens is 356 g/mol. The van der Waals surface area contributed by atoms with Crippen LogP contribution in [0.25, 0.3) is 15.9 Å². The standard InChI is InChI=1S/C17H12N4O2S2/c1-10-5-4-8-21-14(10)20-15(11(9-18-23)16(21)22)25-17-19-12-6-2-3-7-13(12)24-17/h2-9,23H,1H3. The van der Waals surface area contributed by atoms with Crippen LogP contribution in [0.3, 0.4) is 0 Å². The molecule has 8 heteroatoms. The van der Waals surface area contributed by atoms with Gasteiger partial charge in [-0.15, -0.1) is 11.3 Å². The Balaban J connectivity index is 1.91. The lowest BCUT2D eigenvalue weighted by atomic mass is 10.3. The lowest BCUT2D eigenvalue weighted by molar-refractivity contribution is 0.321. The Kier molecular flexibility index (Phi) is 3.98. The fourth-order valence-corrected chi connectivity index (χ4v) is 4.58. The molecule has 0 amide bonds. The van der Waals surface area contributed by atoms with Crippen LogP contribution in [0.4, 0.5) is 0 Å². The highest BCUT2D eigenvalue weighted by molar-refractivity contribution is 8.01. The van der Waals surface area contributed by atoms with Gasteiger partial charge >= 0.3 is 0 Å². The van der Waals surface area contributed by atoms with Gasteiger partial charge in [0.15, 0.2) is 4.34 Å². The molecule has 0 unspecified atom stereocenters. The summed E-state index contributed by atoms with van der Waals surface area (Å²) in [5.41, 5.74) is 2.32. The third kappa shape index (κ3) is 2.79. The Labute approximate surface area is 150 Å². The molecule has 0 aliphatic rings. The van der Waals surface area contributed by atoms with Gasteiger partial charge in [-0.25, -0.2) is 9.97 Å². The van der Waals surface area contributed by atoms with E-state index < -0.39 is 0 Å². The molecule has 0 radical (unpaired) electrons. The number of fused-ring (bicyclic) bond motifs is 2. The Morgan fingerprint density at radius 3 is 2.88 bits per heavy atom. The molecule has 0 fully saturated rings. The van der Waals surface area contributed by atoms with E-state index in [4.69, 9.17) is 5.21 Å². The maximum Gasteiger partial charge on any atom is 0.267 e. The molecule has 124 valence electrons. The highest BCUT2D eigenvalue weighted by Gasteiger charge is 2.16. The molecule has 4 aromatic rings. The quantitative estimate of drug-likeness (QED) is 0.259. The molecule has 6 nitrogen and oxygen atoms in total. The van der Waals surface area contributed by atoms with Crippen LogP contribution in [-0.4, -0.2) is 25.8 Å². The first-order chi connectivity index (χ1) is 12.2. The third-order valence-electron chi connectivity index (χ3n) is 3.69. The Bertz CT molecular complexity index is 1150. The summed E-state index contributed by atoms with van der Waals surface area (Å²) in [5.74, 6) is 0. The number of pyridine rings is 1. The second kappa shape index (κ2) is 6.30. The van der Waals surface area contributed by atoms with E-state index in [0.717, 1.165) is 26.3 Å². The van der Waals surface area contributed by atoms with Crippen LogP contribution in [0, 0.1) is 6.92 Å². The molecule has 0 aliphatic heterocycles. The van der Waals surface area contributed by atoms with Gasteiger partial charge in [-0.1, -0.05) is 23.4 Å². The molecule has 1 N–H and O–H groups in total. The monoisotopic (exact) mass is 368 g/mol. The van der Waals surface area contributed by atoms with Crippen LogP contribution in [0.5, 0.6) is 0 Å². The largest absolute Gasteiger partial charge is 0.411 e. The molecular formula is C17H12N4O2S2. The summed E-state index contributed by atoms with van der Waals surface area (Å²) >= 11 is 2.83. The van der Waals surface area contributed by atoms with Gasteiger partial charge in [0.2, 0.25) is 0 Å². The van der Waals surface area contributed by atoms with E-state index in [0.29, 0.717) is 10.7 Å². The molecule has 3 heterocycles. The summed E-state index contributed by atoms with van der Waals surface area (Å²) in [6, 6.07) is 11.5. The normalized spacial score (nSPS) is 11.7. The third-order valence-corrected chi connectivity index (χ3v) is 5.80. The van der Waals surface area contributed by atoms with E-state index in [-0.39, 0.29) is 11.1 Å². The number of aromatic nitrogens is 3. The molecule has 1 aromatic carbocycles. The van der Waals surface area contributed by atoms with Gasteiger partial charge in [-0.05, 0) is 42.4 Å². The van der Waals surface area contributed by atoms with E-state index in [1.165, 1.54) is 27.5 Å². The zero-order valence-corrected chi connectivity index (χ0v) is 14.7. The van der Waals surface area contributed by atoms with Crippen LogP contribution in [0.1, 0.15) is 11.1 Å². The van der Waals surface area contributed by atoms with Gasteiger partial charge in [-0.3, -0.25) is 9.20 Å². The Morgan fingerprint density at radius 2 is 2.08 bits per heavy atom. The lowest BCUT2D eigenvalue weighted by Crippen LogP contribution is -2.21. The van der Waals surface area contributed by atoms with E-state index in [9.17, 15) is 4.79 Å². The van der Waals surface area contributed by atoms with Crippen molar-refractivity contribution in [1.82, 2.24) is 14.4 Å². The van der Waals surface area contributed by atoms with E-state index in [1.54, 1.807) is 12.3 Å². The number of benzene rings is 1. The summed E-state index contributed by atoms with van der Waals surface area (Å²) in [5, 5.41) is 12.4. The molecule has 3 aromatic heterocycles. The number of rotatable bonds is 3. The molecule has 25 heavy (non-hydrogen) atoms. The second-order valence-corrected chi connectivity index (χ2v) is 7.58. The number of thiazole rings is 1. The van der Waals surface area contributed by atoms with E-state index in [2.05, 4.69) is 15.1 Å². The van der Waals surface area contributed by atoms with E-state index in [1.807, 2.05) is 37.3 Å². The first-order valence-corrected chi connectivity index (χ1v) is 9.03. The van der Waals surface area contributed by atoms with Crippen LogP contribution < -0.4 is 5.56 Å². The van der Waals surface area contributed by atoms with Crippen molar-refractivity contribution in [2.24, 2.45) is 5.16 Å². The number of oxime groups is 1. The molecule has 0 bridgehead atoms. The average Bonchev–Trinajstić information content (AvgIpc) is 3.01. The fourth-order valence-electron chi connectivity index (χ4n) is 2.52. The van der Waals surface area contributed by atoms with Crippen LogP contribution in [-0.2, 0) is 0 Å². The Hall–Kier alpha value is -2.71. The zero-order chi connectivity index (χ0) is 17.4. The summed E-state index contributed by atoms with van der Waals surface area (Å²) in [7, 11) is 0. The zero-order valence-electron chi connectivity index (χ0n) is 13.1. The number of nitrogens with zero attached hydrogens (tertiary/aromatic N) is 4. The number of aryl methyl sites for hydroxylation is 1. The molecule has 0 saturated carbocycles. The van der Waals surface area contributed by atoms with Gasteiger partial charge in [0.25, 0.3) is 5.56 Å². The van der Waals surface area contributed by atoms with Gasteiger partial charge in [0, 0.05) is 6.20 Å². The van der Waals surface area contributed by atoms with Gasteiger partial charge in [0.1, 0.15) is 10.7 Å². The molecule has 0 spiro atoms. The summed E-state index contributed by atoms with van der Waals surface area (Å²) in [6.45, 7) is 1.90. The smallest absolute Gasteiger partial charge is 0.267 e. The van der Waals surface area contributed by atoms with Crippen molar-refractivity contribution >= 4 is 45.2 Å². The van der Waals surface area contributed by atoms with Crippen molar-refractivity contribution < 1.29 is 5.21 Å². The van der Waals surface area contributed by atoms with Crippen LogP contribution >= 0.6 is 23.1 Å². The molecule has 4 rings (SSSR count). The predicted molar refractivity (Wildman–Crippen MR) is 99.3 cm³/mol. The summed E-state index contributed by atoms with van der Waals surface area (Å²) < 4.78 is 3.30. The maximum atomic E-state index is 12.7. The van der Waals surface area contributed by atoms with Crippen molar-refractivity contribution in [3.63, 3.8) is 0 Å². The minimum Gasteiger partial charge on any atom is -0.411 e. The SMILES string of the molecule is Cc1cccn2c(=O)c(C=NO)c(Sc3nc4ccccc4s3)nc12. The van der Waals surface area contributed by atoms with Gasteiger partial charge in [-0.2, -0.15) is 0 Å². The highest BCUT2D eigenvalue weighted by Crippen LogP contribution is 2.34. The minimum absolute atomic E-state index is 0.231. The number of para-hydroxylation sites is 1. The van der Waals surface area contributed by atoms with Gasteiger partial charge < -0.3 is 5.21 Å². The molecule has 0 saturated heterocycles. The molecule has 0 aliphatic carbocycles.